The molecule has 1 N–H and O–H groups in total. The molecular weight excluding hydrogens is 402 g/mol. The molecule has 150 valence electrons. The Balaban J connectivity index is 2.30. The third-order valence-electron chi connectivity index (χ3n) is 4.41. The second-order valence-electron chi connectivity index (χ2n) is 6.46. The van der Waals surface area contributed by atoms with E-state index in [1.165, 1.54) is 11.0 Å². The summed E-state index contributed by atoms with van der Waals surface area (Å²) in [5.74, 6) is -1.14. The SMILES string of the molecule is CCCNC(=O)C(C)N(Cc1c(Cl)cccc1Cl)C(=O)Cc1ccccc1F. The molecule has 2 rings (SSSR count). The highest BCUT2D eigenvalue weighted by molar-refractivity contribution is 6.36. The standard InChI is InChI=1S/C21H23Cl2FN2O2/c1-3-11-25-21(28)14(2)26(13-16-17(22)8-6-9-18(16)23)20(27)12-15-7-4-5-10-19(15)24/h4-10,14H,3,11-13H2,1-2H3,(H,25,28). The Bertz CT molecular complexity index is 825. The van der Waals surface area contributed by atoms with Crippen molar-refractivity contribution in [3.05, 3.63) is 69.5 Å². The molecule has 4 nitrogen and oxygen atoms in total. The summed E-state index contributed by atoms with van der Waals surface area (Å²) in [5, 5.41) is 3.59. The van der Waals surface area contributed by atoms with Crippen molar-refractivity contribution in [3.63, 3.8) is 0 Å². The molecule has 0 aliphatic heterocycles. The Morgan fingerprint density at radius 1 is 1.11 bits per heavy atom. The lowest BCUT2D eigenvalue weighted by molar-refractivity contribution is -0.140. The van der Waals surface area contributed by atoms with Crippen molar-refractivity contribution in [1.29, 1.82) is 0 Å². The summed E-state index contributed by atoms with van der Waals surface area (Å²) >= 11 is 12.5. The molecule has 0 saturated heterocycles. The fourth-order valence-corrected chi connectivity index (χ4v) is 3.26. The summed E-state index contributed by atoms with van der Waals surface area (Å²) in [4.78, 5) is 26.9. The fourth-order valence-electron chi connectivity index (χ4n) is 2.74. The van der Waals surface area contributed by atoms with E-state index in [2.05, 4.69) is 5.32 Å². The van der Waals surface area contributed by atoms with Crippen molar-refractivity contribution in [3.8, 4) is 0 Å². The Kier molecular flexibility index (Phi) is 8.27. The van der Waals surface area contributed by atoms with E-state index in [1.54, 1.807) is 43.3 Å². The van der Waals surface area contributed by atoms with Gasteiger partial charge in [-0.2, -0.15) is 0 Å². The van der Waals surface area contributed by atoms with Crippen LogP contribution < -0.4 is 5.32 Å². The quantitative estimate of drug-likeness (QED) is 0.671. The number of carbonyl (C=O) groups is 2. The van der Waals surface area contributed by atoms with Gasteiger partial charge < -0.3 is 10.2 Å². The minimum absolute atomic E-state index is 0.0481. The van der Waals surface area contributed by atoms with E-state index < -0.39 is 11.9 Å². The van der Waals surface area contributed by atoms with Crippen LogP contribution in [0.25, 0.3) is 0 Å². The van der Waals surface area contributed by atoms with Crippen LogP contribution >= 0.6 is 23.2 Å². The van der Waals surface area contributed by atoms with E-state index in [-0.39, 0.29) is 30.3 Å². The van der Waals surface area contributed by atoms with Gasteiger partial charge in [0.05, 0.1) is 6.42 Å². The van der Waals surface area contributed by atoms with Crippen LogP contribution in [-0.2, 0) is 22.6 Å². The maximum Gasteiger partial charge on any atom is 0.242 e. The number of hydrogen-bond donors (Lipinski definition) is 1. The molecule has 1 atom stereocenters. The normalized spacial score (nSPS) is 11.8. The van der Waals surface area contributed by atoms with E-state index in [4.69, 9.17) is 23.2 Å². The topological polar surface area (TPSA) is 49.4 Å². The van der Waals surface area contributed by atoms with Gasteiger partial charge in [-0.3, -0.25) is 9.59 Å². The molecular formula is C21H23Cl2FN2O2. The molecule has 0 fully saturated rings. The highest BCUT2D eigenvalue weighted by Gasteiger charge is 2.27. The van der Waals surface area contributed by atoms with Gasteiger partial charge in [-0.1, -0.05) is 54.4 Å². The molecule has 0 aromatic heterocycles. The van der Waals surface area contributed by atoms with Gasteiger partial charge in [0.15, 0.2) is 0 Å². The second-order valence-corrected chi connectivity index (χ2v) is 7.27. The Morgan fingerprint density at radius 2 is 1.75 bits per heavy atom. The minimum atomic E-state index is -0.766. The van der Waals surface area contributed by atoms with Gasteiger partial charge in [-0.15, -0.1) is 0 Å². The number of carbonyl (C=O) groups excluding carboxylic acids is 2. The molecule has 0 saturated carbocycles. The number of hydrogen-bond acceptors (Lipinski definition) is 2. The van der Waals surface area contributed by atoms with Crippen LogP contribution in [0.15, 0.2) is 42.5 Å². The van der Waals surface area contributed by atoms with E-state index in [1.807, 2.05) is 6.92 Å². The van der Waals surface area contributed by atoms with Crippen LogP contribution in [0.1, 0.15) is 31.4 Å². The summed E-state index contributed by atoms with van der Waals surface area (Å²) in [6.07, 6.45) is 0.609. The first-order valence-electron chi connectivity index (χ1n) is 9.08. The lowest BCUT2D eigenvalue weighted by Crippen LogP contribution is -2.48. The van der Waals surface area contributed by atoms with Crippen molar-refractivity contribution in [1.82, 2.24) is 10.2 Å². The zero-order chi connectivity index (χ0) is 20.7. The highest BCUT2D eigenvalue weighted by atomic mass is 35.5. The monoisotopic (exact) mass is 424 g/mol. The number of rotatable bonds is 8. The van der Waals surface area contributed by atoms with Crippen molar-refractivity contribution in [2.24, 2.45) is 0 Å². The summed E-state index contributed by atoms with van der Waals surface area (Å²) in [5.41, 5.74) is 0.812. The van der Waals surface area contributed by atoms with Crippen LogP contribution in [-0.4, -0.2) is 29.3 Å². The lowest BCUT2D eigenvalue weighted by atomic mass is 10.1. The zero-order valence-corrected chi connectivity index (χ0v) is 17.4. The second kappa shape index (κ2) is 10.4. The Morgan fingerprint density at radius 3 is 2.36 bits per heavy atom. The number of halogens is 3. The molecule has 0 bridgehead atoms. The molecule has 2 amide bonds. The number of benzene rings is 2. The maximum atomic E-state index is 14.0. The summed E-state index contributed by atoms with van der Waals surface area (Å²) in [6.45, 7) is 4.13. The van der Waals surface area contributed by atoms with Gasteiger partial charge in [0, 0.05) is 28.7 Å². The minimum Gasteiger partial charge on any atom is -0.354 e. The molecule has 2 aromatic rings. The Labute approximate surface area is 174 Å². The third-order valence-corrected chi connectivity index (χ3v) is 5.11. The third kappa shape index (κ3) is 5.69. The molecule has 0 aliphatic rings. The predicted molar refractivity (Wildman–Crippen MR) is 110 cm³/mol. The Hall–Kier alpha value is -2.11. The van der Waals surface area contributed by atoms with Gasteiger partial charge in [-0.25, -0.2) is 4.39 Å². The van der Waals surface area contributed by atoms with Crippen molar-refractivity contribution in [2.45, 2.75) is 39.3 Å². The summed E-state index contributed by atoms with van der Waals surface area (Å²) < 4.78 is 14.0. The van der Waals surface area contributed by atoms with Crippen LogP contribution in [0.2, 0.25) is 10.0 Å². The van der Waals surface area contributed by atoms with Gasteiger partial charge in [-0.05, 0) is 37.1 Å². The average molecular weight is 425 g/mol. The lowest BCUT2D eigenvalue weighted by Gasteiger charge is -2.29. The predicted octanol–water partition coefficient (Wildman–Crippen LogP) is 4.62. The molecule has 28 heavy (non-hydrogen) atoms. The average Bonchev–Trinajstić information content (AvgIpc) is 2.67. The van der Waals surface area contributed by atoms with Crippen molar-refractivity contribution >= 4 is 35.0 Å². The summed E-state index contributed by atoms with van der Waals surface area (Å²) in [6, 6.07) is 10.4. The van der Waals surface area contributed by atoms with Gasteiger partial charge >= 0.3 is 0 Å². The number of nitrogens with one attached hydrogen (secondary N) is 1. The van der Waals surface area contributed by atoms with E-state index in [0.29, 0.717) is 22.2 Å². The van der Waals surface area contributed by atoms with Gasteiger partial charge in [0.2, 0.25) is 11.8 Å². The molecule has 0 spiro atoms. The van der Waals surface area contributed by atoms with E-state index in [9.17, 15) is 14.0 Å². The van der Waals surface area contributed by atoms with Crippen molar-refractivity contribution in [2.75, 3.05) is 6.54 Å². The maximum absolute atomic E-state index is 14.0. The molecule has 0 aliphatic carbocycles. The molecule has 2 aromatic carbocycles. The first kappa shape index (κ1) is 22.2. The van der Waals surface area contributed by atoms with Crippen LogP contribution in [0, 0.1) is 5.82 Å². The number of nitrogens with zero attached hydrogens (tertiary/aromatic N) is 1. The van der Waals surface area contributed by atoms with Crippen LogP contribution in [0.5, 0.6) is 0 Å². The molecule has 0 radical (unpaired) electrons. The first-order chi connectivity index (χ1) is 13.3. The largest absolute Gasteiger partial charge is 0.354 e. The van der Waals surface area contributed by atoms with Gasteiger partial charge in [0.25, 0.3) is 0 Å². The van der Waals surface area contributed by atoms with E-state index >= 15 is 0 Å². The summed E-state index contributed by atoms with van der Waals surface area (Å²) in [7, 11) is 0. The van der Waals surface area contributed by atoms with Crippen molar-refractivity contribution < 1.29 is 14.0 Å². The molecule has 0 heterocycles. The zero-order valence-electron chi connectivity index (χ0n) is 15.8. The van der Waals surface area contributed by atoms with Gasteiger partial charge in [0.1, 0.15) is 11.9 Å². The molecule has 7 heteroatoms. The van der Waals surface area contributed by atoms with E-state index in [0.717, 1.165) is 6.42 Å². The number of amides is 2. The molecule has 1 unspecified atom stereocenters. The smallest absolute Gasteiger partial charge is 0.242 e. The fraction of sp³-hybridized carbons (Fsp3) is 0.333. The van der Waals surface area contributed by atoms with Crippen LogP contribution in [0.3, 0.4) is 0 Å². The van der Waals surface area contributed by atoms with Crippen LogP contribution in [0.4, 0.5) is 4.39 Å². The highest BCUT2D eigenvalue weighted by Crippen LogP contribution is 2.27. The first-order valence-corrected chi connectivity index (χ1v) is 9.84.